The number of hydrogen-bond donors (Lipinski definition) is 0. The Bertz CT molecular complexity index is 2510. The fraction of sp³-hybridized carbons (Fsp3) is 0. The Morgan fingerprint density at radius 1 is 0.512 bits per heavy atom. The van der Waals surface area contributed by atoms with E-state index in [1.165, 1.54) is 69.6 Å². The second kappa shape index (κ2) is 8.54. The van der Waals surface area contributed by atoms with Gasteiger partial charge in [0.05, 0.1) is 34.3 Å². The first-order valence-electron chi connectivity index (χ1n) is 14.6. The van der Waals surface area contributed by atoms with Crippen LogP contribution in [0, 0.1) is 0 Å². The largest absolute Gasteiger partial charge is 0.308 e. The summed E-state index contributed by atoms with van der Waals surface area (Å²) in [5, 5.41) is 7.64. The molecule has 3 aromatic heterocycles. The van der Waals surface area contributed by atoms with Crippen LogP contribution in [0.3, 0.4) is 0 Å². The number of rotatable bonds is 2. The average molecular weight is 566 g/mol. The quantitative estimate of drug-likeness (QED) is 0.208. The summed E-state index contributed by atoms with van der Waals surface area (Å²) in [7, 11) is 0. The lowest BCUT2D eigenvalue weighted by atomic mass is 9.90. The summed E-state index contributed by atoms with van der Waals surface area (Å²) >= 11 is 1.86. The van der Waals surface area contributed by atoms with Crippen molar-refractivity contribution in [2.24, 2.45) is 0 Å². The fourth-order valence-corrected chi connectivity index (χ4v) is 8.23. The van der Waals surface area contributed by atoms with Crippen LogP contribution in [0.5, 0.6) is 0 Å². The minimum Gasteiger partial charge on any atom is -0.308 e. The normalized spacial score (nSPS) is 12.6. The standard InChI is InChI=1S/C39H23N3S/c1-4-15-32-26(11-1)27-12-2-5-16-33(27)41(32)25-19-20-38(40-23-25)42-34-17-8-10-24-9-7-14-29(39(24)34)30-21-31-28-13-3-6-18-36(28)43-37(31)22-35(30)42/h1-23H. The number of thiophene rings is 1. The molecular formula is C39H23N3S. The Morgan fingerprint density at radius 2 is 1.23 bits per heavy atom. The molecule has 0 spiro atoms. The highest BCUT2D eigenvalue weighted by Gasteiger charge is 2.28. The van der Waals surface area contributed by atoms with Gasteiger partial charge in [0.15, 0.2) is 0 Å². The minimum absolute atomic E-state index is 0.910. The molecule has 4 heterocycles. The molecule has 6 aromatic carbocycles. The van der Waals surface area contributed by atoms with Gasteiger partial charge in [-0.15, -0.1) is 11.3 Å². The Balaban J connectivity index is 1.22. The molecule has 0 saturated heterocycles. The van der Waals surface area contributed by atoms with Crippen LogP contribution < -0.4 is 4.90 Å². The first kappa shape index (κ1) is 23.1. The summed E-state index contributed by atoms with van der Waals surface area (Å²) in [6.45, 7) is 0. The van der Waals surface area contributed by atoms with Crippen molar-refractivity contribution in [1.82, 2.24) is 9.55 Å². The molecule has 0 aliphatic carbocycles. The van der Waals surface area contributed by atoms with Gasteiger partial charge in [0, 0.05) is 41.9 Å². The second-order valence-electron chi connectivity index (χ2n) is 11.2. The number of hydrogen-bond acceptors (Lipinski definition) is 3. The maximum absolute atomic E-state index is 5.16. The van der Waals surface area contributed by atoms with Crippen LogP contribution >= 0.6 is 11.3 Å². The third-order valence-corrected chi connectivity index (χ3v) is 10.1. The zero-order chi connectivity index (χ0) is 28.1. The van der Waals surface area contributed by atoms with Crippen molar-refractivity contribution in [3.63, 3.8) is 0 Å². The Morgan fingerprint density at radius 3 is 2.00 bits per heavy atom. The number of pyridine rings is 1. The van der Waals surface area contributed by atoms with Gasteiger partial charge in [-0.1, -0.05) is 84.9 Å². The molecule has 3 nitrogen and oxygen atoms in total. The smallest absolute Gasteiger partial charge is 0.137 e. The SMILES string of the molecule is c1cc2c3c(cccc3c1)N(c1ccc(-n3c4ccccc4c4ccccc43)cn1)c1cc3sc4ccccc4c3cc1-2. The summed E-state index contributed by atoms with van der Waals surface area (Å²) in [5.41, 5.74) is 8.28. The number of benzene rings is 6. The third-order valence-electron chi connectivity index (χ3n) is 8.95. The number of anilines is 3. The van der Waals surface area contributed by atoms with E-state index in [2.05, 4.69) is 143 Å². The molecule has 1 aliphatic rings. The van der Waals surface area contributed by atoms with Gasteiger partial charge in [-0.2, -0.15) is 0 Å². The highest BCUT2D eigenvalue weighted by Crippen LogP contribution is 2.52. The summed E-state index contributed by atoms with van der Waals surface area (Å²) in [6.07, 6.45) is 2.02. The van der Waals surface area contributed by atoms with Crippen molar-refractivity contribution in [3.8, 4) is 16.8 Å². The molecule has 4 heteroatoms. The summed E-state index contributed by atoms with van der Waals surface area (Å²) in [6, 6.07) is 48.3. The van der Waals surface area contributed by atoms with Crippen LogP contribution in [0.1, 0.15) is 0 Å². The summed E-state index contributed by atoms with van der Waals surface area (Å²) in [4.78, 5) is 7.51. The molecule has 1 aliphatic heterocycles. The van der Waals surface area contributed by atoms with Crippen molar-refractivity contribution in [2.45, 2.75) is 0 Å². The lowest BCUT2D eigenvalue weighted by Gasteiger charge is -2.33. The number of nitrogens with zero attached hydrogens (tertiary/aromatic N) is 3. The predicted octanol–water partition coefficient (Wildman–Crippen LogP) is 11.1. The Hall–Kier alpha value is -5.45. The molecule has 0 fully saturated rings. The second-order valence-corrected chi connectivity index (χ2v) is 12.3. The molecule has 43 heavy (non-hydrogen) atoms. The van der Waals surface area contributed by atoms with Crippen molar-refractivity contribution < 1.29 is 0 Å². The Labute approximate surface area is 251 Å². The van der Waals surface area contributed by atoms with Crippen LogP contribution in [-0.4, -0.2) is 9.55 Å². The molecule has 0 unspecified atom stereocenters. The minimum atomic E-state index is 0.910. The molecular weight excluding hydrogens is 543 g/mol. The monoisotopic (exact) mass is 565 g/mol. The topological polar surface area (TPSA) is 21.1 Å². The highest BCUT2D eigenvalue weighted by atomic mass is 32.1. The van der Waals surface area contributed by atoms with E-state index in [1.807, 2.05) is 17.5 Å². The van der Waals surface area contributed by atoms with E-state index in [9.17, 15) is 0 Å². The van der Waals surface area contributed by atoms with Gasteiger partial charge in [-0.3, -0.25) is 4.90 Å². The molecule has 0 atom stereocenters. The number of fused-ring (bicyclic) bond motifs is 8. The average Bonchev–Trinajstić information content (AvgIpc) is 3.60. The van der Waals surface area contributed by atoms with Crippen LogP contribution in [0.15, 0.2) is 140 Å². The van der Waals surface area contributed by atoms with Gasteiger partial charge >= 0.3 is 0 Å². The maximum atomic E-state index is 5.16. The summed E-state index contributed by atoms with van der Waals surface area (Å²) < 4.78 is 4.93. The van der Waals surface area contributed by atoms with E-state index in [4.69, 9.17) is 4.98 Å². The first-order valence-corrected chi connectivity index (χ1v) is 15.4. The number of aromatic nitrogens is 2. The molecule has 0 saturated carbocycles. The predicted molar refractivity (Wildman–Crippen MR) is 183 cm³/mol. The maximum Gasteiger partial charge on any atom is 0.137 e. The van der Waals surface area contributed by atoms with E-state index >= 15 is 0 Å². The highest BCUT2D eigenvalue weighted by molar-refractivity contribution is 7.25. The van der Waals surface area contributed by atoms with Gasteiger partial charge in [-0.25, -0.2) is 4.98 Å². The molecule has 10 rings (SSSR count). The zero-order valence-electron chi connectivity index (χ0n) is 23.0. The van der Waals surface area contributed by atoms with E-state index in [0.29, 0.717) is 0 Å². The van der Waals surface area contributed by atoms with Crippen LogP contribution in [0.2, 0.25) is 0 Å². The van der Waals surface area contributed by atoms with Crippen LogP contribution in [-0.2, 0) is 0 Å². The third kappa shape index (κ3) is 3.16. The lowest BCUT2D eigenvalue weighted by molar-refractivity contribution is 1.12. The van der Waals surface area contributed by atoms with Gasteiger partial charge in [0.1, 0.15) is 5.82 Å². The molecule has 0 radical (unpaired) electrons. The molecule has 9 aromatic rings. The lowest BCUT2D eigenvalue weighted by Crippen LogP contribution is -2.16. The molecule has 0 bridgehead atoms. The van der Waals surface area contributed by atoms with E-state index < -0.39 is 0 Å². The fourth-order valence-electron chi connectivity index (χ4n) is 7.11. The van der Waals surface area contributed by atoms with Gasteiger partial charge in [0.25, 0.3) is 0 Å². The molecule has 200 valence electrons. The summed E-state index contributed by atoms with van der Waals surface area (Å²) in [5.74, 6) is 0.910. The van der Waals surface area contributed by atoms with Crippen molar-refractivity contribution >= 4 is 81.3 Å². The first-order chi connectivity index (χ1) is 21.3. The van der Waals surface area contributed by atoms with E-state index in [-0.39, 0.29) is 0 Å². The van der Waals surface area contributed by atoms with Crippen molar-refractivity contribution in [2.75, 3.05) is 4.90 Å². The van der Waals surface area contributed by atoms with E-state index in [0.717, 1.165) is 17.2 Å². The zero-order valence-corrected chi connectivity index (χ0v) is 23.8. The number of para-hydroxylation sites is 2. The van der Waals surface area contributed by atoms with Gasteiger partial charge in [-0.05, 0) is 59.5 Å². The Kier molecular flexibility index (Phi) is 4.60. The van der Waals surface area contributed by atoms with Gasteiger partial charge in [0.2, 0.25) is 0 Å². The van der Waals surface area contributed by atoms with Crippen LogP contribution in [0.4, 0.5) is 17.2 Å². The van der Waals surface area contributed by atoms with Crippen molar-refractivity contribution in [3.05, 3.63) is 140 Å². The van der Waals surface area contributed by atoms with Crippen LogP contribution in [0.25, 0.3) is 69.6 Å². The molecule has 0 amide bonds. The van der Waals surface area contributed by atoms with Gasteiger partial charge < -0.3 is 4.57 Å². The molecule has 0 N–H and O–H groups in total. The van der Waals surface area contributed by atoms with E-state index in [1.54, 1.807) is 0 Å². The van der Waals surface area contributed by atoms with Crippen molar-refractivity contribution in [1.29, 1.82) is 0 Å².